The van der Waals surface area contributed by atoms with Gasteiger partial charge in [-0.25, -0.2) is 0 Å². The lowest BCUT2D eigenvalue weighted by molar-refractivity contribution is -0.118. The number of nitrogens with one attached hydrogen (secondary N) is 2. The Morgan fingerprint density at radius 3 is 1.91 bits per heavy atom. The summed E-state index contributed by atoms with van der Waals surface area (Å²) in [6, 6.07) is 0. The maximum absolute atomic E-state index is 12.5. The Hall–Kier alpha value is -1.04. The second-order valence-corrected chi connectivity index (χ2v) is 14.3. The molecule has 6 nitrogen and oxygen atoms in total. The average Bonchev–Trinajstić information content (AvgIpc) is 2.74. The summed E-state index contributed by atoms with van der Waals surface area (Å²) in [4.78, 5) is 28.6. The molecule has 178 valence electrons. The first kappa shape index (κ1) is 27.2. The van der Waals surface area contributed by atoms with Crippen LogP contribution < -0.4 is 10.6 Å². The molecule has 0 aliphatic carbocycles. The van der Waals surface area contributed by atoms with E-state index in [-0.39, 0.29) is 13.4 Å². The molecule has 0 unspecified atom stereocenters. The van der Waals surface area contributed by atoms with Crippen molar-refractivity contribution >= 4 is 57.0 Å². The van der Waals surface area contributed by atoms with Crippen LogP contribution in [-0.2, 0) is 9.59 Å². The van der Waals surface area contributed by atoms with Crippen LogP contribution in [0.3, 0.4) is 0 Å². The van der Waals surface area contributed by atoms with Gasteiger partial charge in [-0.3, -0.25) is 9.59 Å². The third kappa shape index (κ3) is 10.7. The number of unbranched alkanes of at least 4 members (excludes halogenated alkanes) is 6. The number of carbonyl (C=O) groups is 2. The first-order valence-electron chi connectivity index (χ1n) is 11.4. The normalized spacial score (nSPS) is 16.0. The fraction of sp³-hybridized carbons (Fsp3) is 0.583. The minimum atomic E-state index is -0.246. The molecule has 0 fully saturated rings. The zero-order valence-electron chi connectivity index (χ0n) is 19.2. The molecule has 8 heteroatoms. The van der Waals surface area contributed by atoms with Crippen LogP contribution in [0.1, 0.15) is 51.4 Å². The summed E-state index contributed by atoms with van der Waals surface area (Å²) in [6.07, 6.45) is 20.6. The third-order valence-corrected chi connectivity index (χ3v) is 7.07. The lowest BCUT2D eigenvalue weighted by atomic mass is 10.1. The summed E-state index contributed by atoms with van der Waals surface area (Å²) in [7, 11) is 3.94. The number of allylic oxidation sites excluding steroid dienone is 4. The SMILES string of the molecule is CN1C=CC=C(C(=O)NCCCCCCCCCC(I)(I)NC(=O)C2=CC=CN(C)C2)C1. The van der Waals surface area contributed by atoms with Crippen LogP contribution >= 0.6 is 45.2 Å². The predicted octanol–water partition coefficient (Wildman–Crippen LogP) is 4.63. The zero-order valence-corrected chi connectivity index (χ0v) is 23.5. The van der Waals surface area contributed by atoms with E-state index < -0.39 is 0 Å². The highest BCUT2D eigenvalue weighted by molar-refractivity contribution is 14.2. The number of hydrogen-bond acceptors (Lipinski definition) is 4. The Morgan fingerprint density at radius 1 is 0.844 bits per heavy atom. The molecule has 0 bridgehead atoms. The van der Waals surface area contributed by atoms with E-state index in [1.165, 1.54) is 25.7 Å². The molecule has 2 heterocycles. The topological polar surface area (TPSA) is 64.7 Å². The molecule has 0 saturated heterocycles. The molecule has 2 aliphatic heterocycles. The maximum Gasteiger partial charge on any atom is 0.250 e. The first-order chi connectivity index (χ1) is 15.3. The van der Waals surface area contributed by atoms with Crippen LogP contribution in [-0.4, -0.2) is 56.9 Å². The van der Waals surface area contributed by atoms with E-state index >= 15 is 0 Å². The van der Waals surface area contributed by atoms with Gasteiger partial charge in [0, 0.05) is 44.9 Å². The van der Waals surface area contributed by atoms with Gasteiger partial charge in [0.25, 0.3) is 5.91 Å². The van der Waals surface area contributed by atoms with Crippen molar-refractivity contribution < 1.29 is 9.59 Å². The number of amides is 2. The zero-order chi connectivity index (χ0) is 23.4. The molecule has 2 rings (SSSR count). The van der Waals surface area contributed by atoms with Gasteiger partial charge in [0.2, 0.25) is 5.91 Å². The number of likely N-dealkylation sites (N-methyl/N-ethyl adjacent to an activating group) is 2. The summed E-state index contributed by atoms with van der Waals surface area (Å²) < 4.78 is -0.246. The second kappa shape index (κ2) is 14.3. The Kier molecular flexibility index (Phi) is 12.1. The largest absolute Gasteiger partial charge is 0.376 e. The third-order valence-electron chi connectivity index (χ3n) is 5.45. The van der Waals surface area contributed by atoms with Gasteiger partial charge in [-0.1, -0.05) is 44.3 Å². The molecule has 2 amide bonds. The van der Waals surface area contributed by atoms with Gasteiger partial charge >= 0.3 is 0 Å². The molecule has 0 aromatic heterocycles. The van der Waals surface area contributed by atoms with Gasteiger partial charge in [-0.05, 0) is 89.0 Å². The maximum atomic E-state index is 12.5. The molecular formula is C24H36I2N4O2. The predicted molar refractivity (Wildman–Crippen MR) is 149 cm³/mol. The number of nitrogens with zero attached hydrogens (tertiary/aromatic N) is 2. The molecule has 32 heavy (non-hydrogen) atoms. The van der Waals surface area contributed by atoms with Gasteiger partial charge < -0.3 is 20.4 Å². The van der Waals surface area contributed by atoms with E-state index in [4.69, 9.17) is 0 Å². The van der Waals surface area contributed by atoms with E-state index in [2.05, 4.69) is 55.8 Å². The quantitative estimate of drug-likeness (QED) is 0.130. The van der Waals surface area contributed by atoms with E-state index in [0.29, 0.717) is 13.1 Å². The summed E-state index contributed by atoms with van der Waals surface area (Å²) in [5.41, 5.74) is 1.64. The van der Waals surface area contributed by atoms with Crippen molar-refractivity contribution in [2.24, 2.45) is 0 Å². The fourth-order valence-corrected chi connectivity index (χ4v) is 4.89. The summed E-state index contributed by atoms with van der Waals surface area (Å²) in [5.74, 6) is 0.0815. The Labute approximate surface area is 220 Å². The summed E-state index contributed by atoms with van der Waals surface area (Å²) >= 11 is 4.70. The van der Waals surface area contributed by atoms with E-state index in [1.807, 2.05) is 60.6 Å². The lowest BCUT2D eigenvalue weighted by Crippen LogP contribution is -2.40. The highest BCUT2D eigenvalue weighted by Gasteiger charge is 2.26. The summed E-state index contributed by atoms with van der Waals surface area (Å²) in [5, 5.41) is 6.20. The van der Waals surface area contributed by atoms with Gasteiger partial charge in [0.15, 0.2) is 0 Å². The van der Waals surface area contributed by atoms with Crippen LogP contribution in [0.4, 0.5) is 0 Å². The van der Waals surface area contributed by atoms with E-state index in [9.17, 15) is 9.59 Å². The number of carbonyl (C=O) groups excluding carboxylic acids is 2. The Morgan fingerprint density at radius 2 is 1.34 bits per heavy atom. The summed E-state index contributed by atoms with van der Waals surface area (Å²) in [6.45, 7) is 2.08. The van der Waals surface area contributed by atoms with Crippen LogP contribution in [0.15, 0.2) is 47.9 Å². The van der Waals surface area contributed by atoms with E-state index in [1.54, 1.807) is 0 Å². The van der Waals surface area contributed by atoms with Gasteiger partial charge in [-0.2, -0.15) is 0 Å². The van der Waals surface area contributed by atoms with Crippen LogP contribution in [0.2, 0.25) is 0 Å². The van der Waals surface area contributed by atoms with Crippen LogP contribution in [0.5, 0.6) is 0 Å². The van der Waals surface area contributed by atoms with Crippen molar-refractivity contribution in [2.75, 3.05) is 33.7 Å². The molecule has 0 aromatic rings. The number of hydrogen-bond donors (Lipinski definition) is 2. The number of halogens is 2. The van der Waals surface area contributed by atoms with Gasteiger partial charge in [0.05, 0.1) is 0 Å². The van der Waals surface area contributed by atoms with Crippen molar-refractivity contribution in [1.82, 2.24) is 20.4 Å². The minimum Gasteiger partial charge on any atom is -0.376 e. The second-order valence-electron chi connectivity index (χ2n) is 8.54. The highest BCUT2D eigenvalue weighted by atomic mass is 127. The smallest absolute Gasteiger partial charge is 0.250 e. The monoisotopic (exact) mass is 666 g/mol. The van der Waals surface area contributed by atoms with Crippen LogP contribution in [0, 0.1) is 0 Å². The standard InChI is InChI=1S/C24H36I2N4O2/c1-29-16-10-12-20(18-29)22(31)27-15-9-7-5-3-4-6-8-14-24(25,26)28-23(32)21-13-11-17-30(2)19-21/h10-13,16-17H,3-9,14-15,18-19H2,1-2H3,(H,27,31)(H,28,32). The molecular weight excluding hydrogens is 630 g/mol. The molecule has 0 spiro atoms. The lowest BCUT2D eigenvalue weighted by Gasteiger charge is -2.25. The molecule has 0 radical (unpaired) electrons. The van der Waals surface area contributed by atoms with Crippen molar-refractivity contribution in [3.8, 4) is 0 Å². The fourth-order valence-electron chi connectivity index (χ4n) is 3.64. The van der Waals surface area contributed by atoms with Crippen molar-refractivity contribution in [1.29, 1.82) is 0 Å². The molecule has 2 aliphatic rings. The van der Waals surface area contributed by atoms with Gasteiger partial charge in [0.1, 0.15) is 1.55 Å². The Bertz CT molecular complexity index is 759. The van der Waals surface area contributed by atoms with Crippen molar-refractivity contribution in [3.05, 3.63) is 47.9 Å². The Balaban J connectivity index is 1.47. The average molecular weight is 666 g/mol. The molecule has 0 atom stereocenters. The highest BCUT2D eigenvalue weighted by Crippen LogP contribution is 2.31. The molecule has 0 aromatic carbocycles. The van der Waals surface area contributed by atoms with Crippen LogP contribution in [0.25, 0.3) is 0 Å². The van der Waals surface area contributed by atoms with Crippen molar-refractivity contribution in [2.45, 2.75) is 52.9 Å². The molecule has 0 saturated carbocycles. The van der Waals surface area contributed by atoms with E-state index in [0.717, 1.165) is 43.4 Å². The van der Waals surface area contributed by atoms with Gasteiger partial charge in [-0.15, -0.1) is 0 Å². The minimum absolute atomic E-state index is 0.0281. The first-order valence-corrected chi connectivity index (χ1v) is 13.6. The number of rotatable bonds is 13. The number of alkyl halides is 2. The van der Waals surface area contributed by atoms with Crippen molar-refractivity contribution in [3.63, 3.8) is 0 Å². The molecule has 2 N–H and O–H groups in total.